The van der Waals surface area contributed by atoms with Gasteiger partial charge in [0.05, 0.1) is 0 Å². The zero-order valence-corrected chi connectivity index (χ0v) is 17.5. The van der Waals surface area contributed by atoms with Crippen LogP contribution in [0.1, 0.15) is 16.7 Å². The topological polar surface area (TPSA) is 116 Å². The van der Waals surface area contributed by atoms with Crippen molar-refractivity contribution in [1.29, 1.82) is 10.5 Å². The van der Waals surface area contributed by atoms with Crippen LogP contribution in [0.3, 0.4) is 0 Å². The molecule has 0 fully saturated rings. The van der Waals surface area contributed by atoms with Gasteiger partial charge in [0.2, 0.25) is 0 Å². The molecular weight excluding hydrogens is 488 g/mol. The molecule has 0 aliphatic heterocycles. The summed E-state index contributed by atoms with van der Waals surface area (Å²) in [6.45, 7) is 0.260. The number of hydrogen-bond donors (Lipinski definition) is 2. The summed E-state index contributed by atoms with van der Waals surface area (Å²) in [5, 5.41) is 19.0. The minimum absolute atomic E-state index is 0.0153. The van der Waals surface area contributed by atoms with E-state index in [1.165, 1.54) is 0 Å². The van der Waals surface area contributed by atoms with Crippen LogP contribution in [-0.4, -0.2) is 4.98 Å². The molecule has 0 radical (unpaired) electrons. The third kappa shape index (κ3) is 3.94. The van der Waals surface area contributed by atoms with Crippen LogP contribution in [0.2, 0.25) is 0 Å². The van der Waals surface area contributed by atoms with Crippen LogP contribution >= 0.6 is 31.9 Å². The Morgan fingerprint density at radius 1 is 1.04 bits per heavy atom. The maximum absolute atomic E-state index is 12.2. The van der Waals surface area contributed by atoms with E-state index in [-0.39, 0.29) is 29.1 Å². The second kappa shape index (κ2) is 8.30. The molecule has 1 heterocycles. The Morgan fingerprint density at radius 3 is 2.43 bits per heavy atom. The van der Waals surface area contributed by atoms with E-state index < -0.39 is 5.56 Å². The van der Waals surface area contributed by atoms with E-state index in [1.54, 1.807) is 18.2 Å². The average Bonchev–Trinajstić information content (AvgIpc) is 2.66. The van der Waals surface area contributed by atoms with Crippen LogP contribution in [-0.2, 0) is 6.61 Å². The highest BCUT2D eigenvalue weighted by atomic mass is 79.9. The van der Waals surface area contributed by atoms with Crippen molar-refractivity contribution in [1.82, 2.24) is 4.98 Å². The second-order valence-electron chi connectivity index (χ2n) is 5.78. The molecule has 0 saturated carbocycles. The number of pyridine rings is 1. The molecule has 0 aliphatic carbocycles. The molecule has 3 N–H and O–H groups in total. The number of halogens is 2. The number of nitrogens with two attached hydrogens (primary N) is 1. The van der Waals surface area contributed by atoms with Crippen molar-refractivity contribution in [3.63, 3.8) is 0 Å². The molecule has 0 bridgehead atoms. The molecule has 0 amide bonds. The number of ether oxygens (including phenoxy) is 1. The SMILES string of the molecule is N#Cc1c(N)[nH]c(=O)c(C#N)c1-c1cc(Br)ccc1OCc1cccc(Br)c1. The highest BCUT2D eigenvalue weighted by Gasteiger charge is 2.21. The minimum Gasteiger partial charge on any atom is -0.488 e. The monoisotopic (exact) mass is 498 g/mol. The number of nitrogen functional groups attached to an aromatic ring is 1. The molecule has 0 spiro atoms. The number of aromatic amines is 1. The Kier molecular flexibility index (Phi) is 5.84. The van der Waals surface area contributed by atoms with E-state index >= 15 is 0 Å². The largest absolute Gasteiger partial charge is 0.488 e. The first-order valence-electron chi connectivity index (χ1n) is 7.97. The van der Waals surface area contributed by atoms with Crippen molar-refractivity contribution in [3.8, 4) is 29.0 Å². The van der Waals surface area contributed by atoms with Crippen molar-refractivity contribution in [3.05, 3.63) is 78.5 Å². The van der Waals surface area contributed by atoms with Gasteiger partial charge in [0.25, 0.3) is 5.56 Å². The first-order valence-corrected chi connectivity index (χ1v) is 9.56. The molecule has 138 valence electrons. The van der Waals surface area contributed by atoms with Gasteiger partial charge in [-0.05, 0) is 35.9 Å². The predicted octanol–water partition coefficient (Wildman–Crippen LogP) is 4.47. The van der Waals surface area contributed by atoms with E-state index in [0.717, 1.165) is 10.0 Å². The van der Waals surface area contributed by atoms with Gasteiger partial charge in [-0.3, -0.25) is 4.79 Å². The summed E-state index contributed by atoms with van der Waals surface area (Å²) in [6.07, 6.45) is 0. The Bertz CT molecular complexity index is 1210. The third-order valence-corrected chi connectivity index (χ3v) is 4.95. The normalized spacial score (nSPS) is 10.1. The van der Waals surface area contributed by atoms with E-state index in [1.807, 2.05) is 36.4 Å². The summed E-state index contributed by atoms with van der Waals surface area (Å²) in [5.41, 5.74) is 6.48. The van der Waals surface area contributed by atoms with Gasteiger partial charge in [-0.2, -0.15) is 10.5 Å². The fourth-order valence-corrected chi connectivity index (χ4v) is 3.53. The van der Waals surface area contributed by atoms with Crippen LogP contribution in [0.15, 0.2) is 56.2 Å². The molecule has 1 aromatic heterocycles. The van der Waals surface area contributed by atoms with E-state index in [9.17, 15) is 15.3 Å². The first kappa shape index (κ1) is 19.7. The van der Waals surface area contributed by atoms with Crippen molar-refractivity contribution in [2.75, 3.05) is 5.73 Å². The van der Waals surface area contributed by atoms with Gasteiger partial charge in [-0.25, -0.2) is 0 Å². The lowest BCUT2D eigenvalue weighted by molar-refractivity contribution is 0.307. The van der Waals surface area contributed by atoms with Gasteiger partial charge in [-0.1, -0.05) is 44.0 Å². The number of rotatable bonds is 4. The van der Waals surface area contributed by atoms with Crippen LogP contribution in [0, 0.1) is 22.7 Å². The Morgan fingerprint density at radius 2 is 1.75 bits per heavy atom. The van der Waals surface area contributed by atoms with Crippen molar-refractivity contribution in [2.24, 2.45) is 0 Å². The zero-order valence-electron chi connectivity index (χ0n) is 14.3. The lowest BCUT2D eigenvalue weighted by atomic mass is 9.96. The van der Waals surface area contributed by atoms with Gasteiger partial charge in [0, 0.05) is 20.1 Å². The lowest BCUT2D eigenvalue weighted by Gasteiger charge is -2.15. The summed E-state index contributed by atoms with van der Waals surface area (Å²) in [7, 11) is 0. The van der Waals surface area contributed by atoms with Crippen LogP contribution in [0.4, 0.5) is 5.82 Å². The number of nitriles is 2. The highest BCUT2D eigenvalue weighted by Crippen LogP contribution is 2.37. The number of aromatic nitrogens is 1. The summed E-state index contributed by atoms with van der Waals surface area (Å²) < 4.78 is 7.57. The van der Waals surface area contributed by atoms with Crippen molar-refractivity contribution < 1.29 is 4.74 Å². The summed E-state index contributed by atoms with van der Waals surface area (Å²) >= 11 is 6.80. The number of anilines is 1. The Hall–Kier alpha value is -3.07. The van der Waals surface area contributed by atoms with Crippen LogP contribution in [0.5, 0.6) is 5.75 Å². The van der Waals surface area contributed by atoms with Crippen molar-refractivity contribution in [2.45, 2.75) is 6.61 Å². The fraction of sp³-hybridized carbons (Fsp3) is 0.0500. The first-order chi connectivity index (χ1) is 13.4. The quantitative estimate of drug-likeness (QED) is 0.549. The predicted molar refractivity (Wildman–Crippen MR) is 113 cm³/mol. The molecule has 0 atom stereocenters. The Labute approximate surface area is 177 Å². The van der Waals surface area contributed by atoms with E-state index in [4.69, 9.17) is 10.5 Å². The fourth-order valence-electron chi connectivity index (χ4n) is 2.72. The van der Waals surface area contributed by atoms with Gasteiger partial charge in [0.15, 0.2) is 0 Å². The van der Waals surface area contributed by atoms with Gasteiger partial charge >= 0.3 is 0 Å². The average molecular weight is 500 g/mol. The lowest BCUT2D eigenvalue weighted by Crippen LogP contribution is -2.16. The van der Waals surface area contributed by atoms with Gasteiger partial charge < -0.3 is 15.5 Å². The number of benzene rings is 2. The molecule has 0 unspecified atom stereocenters. The highest BCUT2D eigenvalue weighted by molar-refractivity contribution is 9.10. The second-order valence-corrected chi connectivity index (χ2v) is 7.61. The standard InChI is InChI=1S/C20H12Br2N4O2/c21-12-3-1-2-11(6-12)10-28-17-5-4-13(22)7-14(17)18-15(8-23)19(25)26-20(27)16(18)9-24/h1-7H,10H2,(H3,25,26,27). The summed E-state index contributed by atoms with van der Waals surface area (Å²) in [5.74, 6) is 0.320. The maximum atomic E-state index is 12.2. The number of nitrogens with zero attached hydrogens (tertiary/aromatic N) is 2. The molecule has 0 aliphatic rings. The van der Waals surface area contributed by atoms with Crippen LogP contribution in [0.25, 0.3) is 11.1 Å². The molecule has 3 rings (SSSR count). The summed E-state index contributed by atoms with van der Waals surface area (Å²) in [6, 6.07) is 16.6. The number of nitrogens with one attached hydrogen (secondary N) is 1. The smallest absolute Gasteiger partial charge is 0.268 e. The van der Waals surface area contributed by atoms with Crippen LogP contribution < -0.4 is 16.0 Å². The molecular formula is C20H12Br2N4O2. The number of hydrogen-bond acceptors (Lipinski definition) is 5. The van der Waals surface area contributed by atoms with E-state index in [0.29, 0.717) is 15.8 Å². The minimum atomic E-state index is -0.660. The molecule has 28 heavy (non-hydrogen) atoms. The third-order valence-electron chi connectivity index (χ3n) is 3.96. The molecule has 3 aromatic rings. The zero-order chi connectivity index (χ0) is 20.3. The van der Waals surface area contributed by atoms with Gasteiger partial charge in [-0.15, -0.1) is 0 Å². The number of H-pyrrole nitrogens is 1. The Balaban J connectivity index is 2.16. The van der Waals surface area contributed by atoms with Crippen molar-refractivity contribution >= 4 is 37.7 Å². The molecule has 8 heteroatoms. The van der Waals surface area contributed by atoms with E-state index in [2.05, 4.69) is 36.8 Å². The maximum Gasteiger partial charge on any atom is 0.268 e. The summed E-state index contributed by atoms with van der Waals surface area (Å²) in [4.78, 5) is 14.6. The van der Waals surface area contributed by atoms with Gasteiger partial charge in [0.1, 0.15) is 41.4 Å². The molecule has 0 saturated heterocycles. The molecule has 2 aromatic carbocycles. The molecule has 6 nitrogen and oxygen atoms in total.